The Bertz CT molecular complexity index is 1590. The van der Waals surface area contributed by atoms with Crippen LogP contribution in [0.15, 0.2) is 47.8 Å². The number of aryl methyl sites for hydroxylation is 1. The predicted octanol–water partition coefficient (Wildman–Crippen LogP) is 2.93. The number of sulfone groups is 1. The lowest BCUT2D eigenvalue weighted by Gasteiger charge is -2.31. The number of benzene rings is 1. The van der Waals surface area contributed by atoms with Gasteiger partial charge in [0.2, 0.25) is 5.88 Å². The number of hydrogen-bond acceptors (Lipinski definition) is 8. The number of amides is 1. The molecule has 1 aliphatic heterocycles. The van der Waals surface area contributed by atoms with Crippen LogP contribution in [0.25, 0.3) is 16.7 Å². The van der Waals surface area contributed by atoms with Gasteiger partial charge in [-0.3, -0.25) is 9.48 Å². The Kier molecular flexibility index (Phi) is 6.46. The molecule has 38 heavy (non-hydrogen) atoms. The van der Waals surface area contributed by atoms with Gasteiger partial charge in [0.15, 0.2) is 15.5 Å². The number of nitrogens with zero attached hydrogens (tertiary/aromatic N) is 7. The van der Waals surface area contributed by atoms with E-state index in [2.05, 4.69) is 40.9 Å². The Morgan fingerprint density at radius 1 is 1.08 bits per heavy atom. The van der Waals surface area contributed by atoms with Gasteiger partial charge in [0, 0.05) is 44.6 Å². The average Bonchev–Trinajstić information content (AvgIpc) is 3.48. The van der Waals surface area contributed by atoms with Crippen molar-refractivity contribution in [2.45, 2.75) is 50.0 Å². The first-order valence-corrected chi connectivity index (χ1v) is 14.3. The number of fused-ring (bicyclic) bond motifs is 1. The Labute approximate surface area is 221 Å². The normalized spacial score (nSPS) is 15.2. The average molecular weight is 538 g/mol. The van der Waals surface area contributed by atoms with E-state index in [1.165, 1.54) is 12.6 Å². The maximum absolute atomic E-state index is 13.2. The van der Waals surface area contributed by atoms with Crippen molar-refractivity contribution in [2.75, 3.05) is 19.3 Å². The molecule has 11 nitrogen and oxygen atoms in total. The van der Waals surface area contributed by atoms with E-state index in [4.69, 9.17) is 4.74 Å². The molecule has 12 heteroatoms. The zero-order valence-corrected chi connectivity index (χ0v) is 22.9. The molecular weight excluding hydrogens is 506 g/mol. The lowest BCUT2D eigenvalue weighted by molar-refractivity contribution is 0.0580. The molecule has 4 heterocycles. The van der Waals surface area contributed by atoms with Crippen LogP contribution < -0.4 is 4.74 Å². The van der Waals surface area contributed by atoms with Crippen molar-refractivity contribution in [1.29, 1.82) is 0 Å². The predicted molar refractivity (Wildman–Crippen MR) is 141 cm³/mol. The van der Waals surface area contributed by atoms with E-state index in [-0.39, 0.29) is 22.3 Å². The molecule has 0 N–H and O–H groups in total. The van der Waals surface area contributed by atoms with Gasteiger partial charge in [0.1, 0.15) is 23.5 Å². The van der Waals surface area contributed by atoms with Crippen LogP contribution in [0.2, 0.25) is 0 Å². The molecule has 1 saturated heterocycles. The molecule has 1 amide bonds. The molecule has 1 aliphatic rings. The van der Waals surface area contributed by atoms with Gasteiger partial charge in [-0.2, -0.15) is 10.2 Å². The minimum absolute atomic E-state index is 0.0263. The standard InChI is InChI=1S/C26H31N7O4S/c1-26(2,3)22-14-21(31(4)30-22)25(34)32-12-10-18(11-13-32)37-24-20-15-29-33(23(20)27-16-28-24)17-6-8-19(9-7-17)38(5,35)36/h6-9,14-16,18H,10-13H2,1-5H3. The molecule has 1 fully saturated rings. The van der Waals surface area contributed by atoms with Gasteiger partial charge in [-0.1, -0.05) is 20.8 Å². The van der Waals surface area contributed by atoms with Crippen molar-refractivity contribution in [3.05, 3.63) is 54.2 Å². The number of carbonyl (C=O) groups excluding carboxylic acids is 1. The summed E-state index contributed by atoms with van der Waals surface area (Å²) in [6.07, 6.45) is 5.47. The number of hydrogen-bond donors (Lipinski definition) is 0. The van der Waals surface area contributed by atoms with Crippen LogP contribution in [-0.2, 0) is 22.3 Å². The fraction of sp³-hybridized carbons (Fsp3) is 0.423. The number of carbonyl (C=O) groups is 1. The highest BCUT2D eigenvalue weighted by atomic mass is 32.2. The van der Waals surface area contributed by atoms with E-state index in [9.17, 15) is 13.2 Å². The Hall–Kier alpha value is -3.80. The number of ether oxygens (including phenoxy) is 1. The molecule has 0 aliphatic carbocycles. The smallest absolute Gasteiger partial charge is 0.272 e. The van der Waals surface area contributed by atoms with E-state index in [0.717, 1.165) is 5.69 Å². The van der Waals surface area contributed by atoms with Gasteiger partial charge in [0.25, 0.3) is 5.91 Å². The van der Waals surface area contributed by atoms with Gasteiger partial charge in [-0.15, -0.1) is 0 Å². The third-order valence-corrected chi connectivity index (χ3v) is 7.84. The third-order valence-electron chi connectivity index (χ3n) is 6.71. The van der Waals surface area contributed by atoms with Crippen molar-refractivity contribution >= 4 is 26.8 Å². The first kappa shape index (κ1) is 25.8. The van der Waals surface area contributed by atoms with Gasteiger partial charge >= 0.3 is 0 Å². The van der Waals surface area contributed by atoms with Crippen LogP contribution in [0, 0.1) is 0 Å². The Morgan fingerprint density at radius 3 is 2.37 bits per heavy atom. The fourth-order valence-corrected chi connectivity index (χ4v) is 5.10. The molecule has 200 valence electrons. The summed E-state index contributed by atoms with van der Waals surface area (Å²) in [6.45, 7) is 7.37. The Morgan fingerprint density at radius 2 is 1.76 bits per heavy atom. The van der Waals surface area contributed by atoms with Crippen molar-refractivity contribution < 1.29 is 17.9 Å². The molecular formula is C26H31N7O4S. The number of piperidine rings is 1. The lowest BCUT2D eigenvalue weighted by Crippen LogP contribution is -2.42. The van der Waals surface area contributed by atoms with E-state index in [0.29, 0.717) is 54.2 Å². The number of rotatable bonds is 5. The zero-order chi connectivity index (χ0) is 27.2. The second-order valence-electron chi connectivity index (χ2n) is 10.6. The molecule has 5 rings (SSSR count). The minimum atomic E-state index is -3.29. The highest BCUT2D eigenvalue weighted by Crippen LogP contribution is 2.27. The van der Waals surface area contributed by atoms with Gasteiger partial charge in [-0.25, -0.2) is 23.1 Å². The van der Waals surface area contributed by atoms with Crippen molar-refractivity contribution in [1.82, 2.24) is 34.4 Å². The van der Waals surface area contributed by atoms with Crippen LogP contribution in [0.5, 0.6) is 5.88 Å². The van der Waals surface area contributed by atoms with Crippen LogP contribution in [0.1, 0.15) is 49.8 Å². The maximum atomic E-state index is 13.2. The summed E-state index contributed by atoms with van der Waals surface area (Å²) in [4.78, 5) is 24.0. The molecule has 0 spiro atoms. The highest BCUT2D eigenvalue weighted by Gasteiger charge is 2.29. The highest BCUT2D eigenvalue weighted by molar-refractivity contribution is 7.90. The first-order valence-electron chi connectivity index (χ1n) is 12.4. The summed E-state index contributed by atoms with van der Waals surface area (Å²) < 4.78 is 33.1. The summed E-state index contributed by atoms with van der Waals surface area (Å²) in [5.74, 6) is 0.404. The lowest BCUT2D eigenvalue weighted by atomic mass is 9.92. The van der Waals surface area contributed by atoms with E-state index in [1.807, 2.05) is 11.0 Å². The van der Waals surface area contributed by atoms with Crippen LogP contribution in [0.4, 0.5) is 0 Å². The van der Waals surface area contributed by atoms with E-state index < -0.39 is 9.84 Å². The second-order valence-corrected chi connectivity index (χ2v) is 12.7. The molecule has 0 unspecified atom stereocenters. The second kappa shape index (κ2) is 9.50. The zero-order valence-electron chi connectivity index (χ0n) is 22.1. The largest absolute Gasteiger partial charge is 0.474 e. The van der Waals surface area contributed by atoms with Crippen molar-refractivity contribution in [3.8, 4) is 11.6 Å². The maximum Gasteiger partial charge on any atom is 0.272 e. The van der Waals surface area contributed by atoms with Gasteiger partial charge in [0.05, 0.1) is 22.5 Å². The monoisotopic (exact) mass is 537 g/mol. The van der Waals surface area contributed by atoms with Crippen LogP contribution in [-0.4, -0.2) is 74.2 Å². The molecule has 4 aromatic rings. The SMILES string of the molecule is Cn1nc(C(C)(C)C)cc1C(=O)N1CCC(Oc2ncnc3c2cnn3-c2ccc(S(C)(=O)=O)cc2)CC1. The molecule has 0 radical (unpaired) electrons. The molecule has 0 bridgehead atoms. The topological polar surface area (TPSA) is 125 Å². The Balaban J connectivity index is 1.28. The molecule has 0 atom stereocenters. The quantitative estimate of drug-likeness (QED) is 0.381. The summed E-state index contributed by atoms with van der Waals surface area (Å²) in [6, 6.07) is 8.34. The molecule has 3 aromatic heterocycles. The summed E-state index contributed by atoms with van der Waals surface area (Å²) in [7, 11) is -1.49. The summed E-state index contributed by atoms with van der Waals surface area (Å²) in [5.41, 5.74) is 2.58. The number of likely N-dealkylation sites (tertiary alicyclic amines) is 1. The summed E-state index contributed by atoms with van der Waals surface area (Å²) in [5, 5.41) is 9.62. The third kappa shape index (κ3) is 5.00. The fourth-order valence-electron chi connectivity index (χ4n) is 4.47. The van der Waals surface area contributed by atoms with Crippen molar-refractivity contribution in [3.63, 3.8) is 0 Å². The van der Waals surface area contributed by atoms with E-state index in [1.54, 1.807) is 46.9 Å². The van der Waals surface area contributed by atoms with Gasteiger partial charge < -0.3 is 9.64 Å². The van der Waals surface area contributed by atoms with Crippen LogP contribution >= 0.6 is 0 Å². The van der Waals surface area contributed by atoms with E-state index >= 15 is 0 Å². The van der Waals surface area contributed by atoms with Crippen molar-refractivity contribution in [2.24, 2.45) is 7.05 Å². The molecule has 0 saturated carbocycles. The minimum Gasteiger partial charge on any atom is -0.474 e. The van der Waals surface area contributed by atoms with Crippen LogP contribution in [0.3, 0.4) is 0 Å². The summed E-state index contributed by atoms with van der Waals surface area (Å²) >= 11 is 0. The van der Waals surface area contributed by atoms with Gasteiger partial charge in [-0.05, 0) is 30.3 Å². The first-order chi connectivity index (χ1) is 17.9. The number of aromatic nitrogens is 6. The molecule has 1 aromatic carbocycles.